The Balaban J connectivity index is 1.90. The highest BCUT2D eigenvalue weighted by atomic mass is 16.3. The van der Waals surface area contributed by atoms with Crippen molar-refractivity contribution in [1.29, 1.82) is 0 Å². The van der Waals surface area contributed by atoms with Crippen LogP contribution in [0.25, 0.3) is 0 Å². The summed E-state index contributed by atoms with van der Waals surface area (Å²) in [5.74, 6) is 0. The normalized spacial score (nSPS) is 13.1. The Kier molecular flexibility index (Phi) is 20.7. The van der Waals surface area contributed by atoms with Gasteiger partial charge in [-0.25, -0.2) is 0 Å². The molecule has 0 saturated carbocycles. The Morgan fingerprint density at radius 3 is 1.15 bits per heavy atom. The standard InChI is InChI=1S/C38H63NO/c1-3-5-7-9-11-13-15-17-19-27-33-39(34-28-20-18-16-14-12-10-8-6-4-2)37(35-29-23-21-24-30-35)38(40)36-31-25-22-26-32-36/h21-26,29-32,37-38,40H,3-20,27-28,33-34H2,1-2H3. The minimum absolute atomic E-state index is 0.000677. The van der Waals surface area contributed by atoms with Crippen LogP contribution in [0.15, 0.2) is 60.7 Å². The van der Waals surface area contributed by atoms with Crippen molar-refractivity contribution in [1.82, 2.24) is 4.90 Å². The van der Waals surface area contributed by atoms with Gasteiger partial charge < -0.3 is 5.11 Å². The number of aliphatic hydroxyl groups excluding tert-OH is 1. The van der Waals surface area contributed by atoms with Crippen LogP contribution in [0.3, 0.4) is 0 Å². The second-order valence-electron chi connectivity index (χ2n) is 12.1. The average Bonchev–Trinajstić information content (AvgIpc) is 2.99. The smallest absolute Gasteiger partial charge is 0.0986 e. The number of rotatable bonds is 26. The molecule has 1 N–H and O–H groups in total. The molecule has 0 aliphatic rings. The number of nitrogens with zero attached hydrogens (tertiary/aromatic N) is 1. The fourth-order valence-electron chi connectivity index (χ4n) is 6.07. The molecule has 0 aromatic heterocycles. The number of benzene rings is 2. The largest absolute Gasteiger partial charge is 0.386 e. The van der Waals surface area contributed by atoms with Crippen molar-refractivity contribution >= 4 is 0 Å². The molecule has 2 aromatic rings. The molecular formula is C38H63NO. The zero-order valence-corrected chi connectivity index (χ0v) is 26.4. The van der Waals surface area contributed by atoms with Gasteiger partial charge in [-0.15, -0.1) is 0 Å². The minimum Gasteiger partial charge on any atom is -0.386 e. The van der Waals surface area contributed by atoms with Crippen molar-refractivity contribution in [2.75, 3.05) is 13.1 Å². The molecule has 2 atom stereocenters. The van der Waals surface area contributed by atoms with Crippen molar-refractivity contribution in [3.63, 3.8) is 0 Å². The molecule has 0 aliphatic heterocycles. The van der Waals surface area contributed by atoms with Crippen molar-refractivity contribution in [3.8, 4) is 0 Å². The third-order valence-electron chi connectivity index (χ3n) is 8.57. The zero-order chi connectivity index (χ0) is 28.5. The van der Waals surface area contributed by atoms with Gasteiger partial charge in [0, 0.05) is 0 Å². The molecule has 2 heteroatoms. The van der Waals surface area contributed by atoms with Crippen LogP contribution in [0.4, 0.5) is 0 Å². The predicted octanol–water partition coefficient (Wildman–Crippen LogP) is 11.6. The molecule has 0 aliphatic carbocycles. The van der Waals surface area contributed by atoms with E-state index in [9.17, 15) is 5.11 Å². The van der Waals surface area contributed by atoms with Crippen molar-refractivity contribution in [2.45, 2.75) is 154 Å². The number of hydrogen-bond donors (Lipinski definition) is 1. The van der Waals surface area contributed by atoms with Crippen LogP contribution in [-0.4, -0.2) is 23.1 Å². The first kappa shape index (κ1) is 34.6. The van der Waals surface area contributed by atoms with Gasteiger partial charge in [-0.1, -0.05) is 190 Å². The maximum atomic E-state index is 11.7. The van der Waals surface area contributed by atoms with E-state index in [2.05, 4.69) is 73.3 Å². The number of aliphatic hydroxyl groups is 1. The summed E-state index contributed by atoms with van der Waals surface area (Å²) in [5, 5.41) is 11.7. The predicted molar refractivity (Wildman–Crippen MR) is 176 cm³/mol. The average molecular weight is 550 g/mol. The van der Waals surface area contributed by atoms with Gasteiger partial charge in [0.1, 0.15) is 0 Å². The Bertz CT molecular complexity index is 768. The second-order valence-corrected chi connectivity index (χ2v) is 12.1. The summed E-state index contributed by atoms with van der Waals surface area (Å²) < 4.78 is 0. The molecular weight excluding hydrogens is 486 g/mol. The Hall–Kier alpha value is -1.64. The summed E-state index contributed by atoms with van der Waals surface area (Å²) in [5.41, 5.74) is 2.26. The molecule has 0 amide bonds. The van der Waals surface area contributed by atoms with E-state index in [0.29, 0.717) is 0 Å². The van der Waals surface area contributed by atoms with E-state index >= 15 is 0 Å². The fraction of sp³-hybridized carbons (Fsp3) is 0.684. The van der Waals surface area contributed by atoms with Gasteiger partial charge in [0.2, 0.25) is 0 Å². The molecule has 0 radical (unpaired) electrons. The van der Waals surface area contributed by atoms with Crippen LogP contribution in [0.5, 0.6) is 0 Å². The van der Waals surface area contributed by atoms with Gasteiger partial charge in [-0.2, -0.15) is 0 Å². The number of unbranched alkanes of at least 4 members (excludes halogenated alkanes) is 18. The first-order valence-electron chi connectivity index (χ1n) is 17.3. The second kappa shape index (κ2) is 24.0. The molecule has 0 bridgehead atoms. The molecule has 2 aromatic carbocycles. The van der Waals surface area contributed by atoms with E-state index in [1.807, 2.05) is 6.07 Å². The SMILES string of the molecule is CCCCCCCCCCCCN(CCCCCCCCCCCC)C(c1ccccc1)C(O)c1ccccc1. The van der Waals surface area contributed by atoms with Gasteiger partial charge in [0.15, 0.2) is 0 Å². The number of hydrogen-bond acceptors (Lipinski definition) is 2. The lowest BCUT2D eigenvalue weighted by atomic mass is 9.93. The van der Waals surface area contributed by atoms with Gasteiger partial charge in [0.05, 0.1) is 12.1 Å². The highest BCUT2D eigenvalue weighted by Gasteiger charge is 2.28. The van der Waals surface area contributed by atoms with Crippen molar-refractivity contribution in [2.24, 2.45) is 0 Å². The Morgan fingerprint density at radius 2 is 0.775 bits per heavy atom. The molecule has 0 fully saturated rings. The van der Waals surface area contributed by atoms with Crippen LogP contribution in [0, 0.1) is 0 Å². The molecule has 0 heterocycles. The van der Waals surface area contributed by atoms with E-state index in [1.54, 1.807) is 0 Å². The van der Waals surface area contributed by atoms with Crippen LogP contribution < -0.4 is 0 Å². The highest BCUT2D eigenvalue weighted by molar-refractivity contribution is 5.26. The Morgan fingerprint density at radius 1 is 0.450 bits per heavy atom. The van der Waals surface area contributed by atoms with E-state index in [4.69, 9.17) is 0 Å². The molecule has 0 spiro atoms. The summed E-state index contributed by atoms with van der Waals surface area (Å²) >= 11 is 0. The molecule has 2 rings (SSSR count). The quantitative estimate of drug-likeness (QED) is 0.118. The lowest BCUT2D eigenvalue weighted by Gasteiger charge is -2.36. The first-order valence-corrected chi connectivity index (χ1v) is 17.3. The summed E-state index contributed by atoms with van der Waals surface area (Å²) in [6.45, 7) is 6.72. The van der Waals surface area contributed by atoms with Crippen molar-refractivity contribution in [3.05, 3.63) is 71.8 Å². The summed E-state index contributed by atoms with van der Waals surface area (Å²) in [6.07, 6.45) is 26.7. The van der Waals surface area contributed by atoms with Crippen LogP contribution >= 0.6 is 0 Å². The first-order chi connectivity index (χ1) is 19.8. The topological polar surface area (TPSA) is 23.5 Å². The van der Waals surface area contributed by atoms with Gasteiger partial charge in [-0.05, 0) is 37.1 Å². The van der Waals surface area contributed by atoms with E-state index in [-0.39, 0.29) is 6.04 Å². The lowest BCUT2D eigenvalue weighted by molar-refractivity contribution is 0.0445. The van der Waals surface area contributed by atoms with Gasteiger partial charge >= 0.3 is 0 Å². The zero-order valence-electron chi connectivity index (χ0n) is 26.4. The third kappa shape index (κ3) is 15.4. The summed E-state index contributed by atoms with van der Waals surface area (Å²) in [4.78, 5) is 2.61. The van der Waals surface area contributed by atoms with E-state index in [0.717, 1.165) is 18.7 Å². The van der Waals surface area contributed by atoms with Crippen LogP contribution in [-0.2, 0) is 0 Å². The van der Waals surface area contributed by atoms with Crippen LogP contribution in [0.1, 0.15) is 166 Å². The fourth-order valence-corrected chi connectivity index (χ4v) is 6.07. The summed E-state index contributed by atoms with van der Waals surface area (Å²) in [7, 11) is 0. The highest BCUT2D eigenvalue weighted by Crippen LogP contribution is 2.35. The molecule has 40 heavy (non-hydrogen) atoms. The lowest BCUT2D eigenvalue weighted by Crippen LogP contribution is -2.35. The monoisotopic (exact) mass is 549 g/mol. The summed E-state index contributed by atoms with van der Waals surface area (Å²) in [6, 6.07) is 21.1. The van der Waals surface area contributed by atoms with Crippen LogP contribution in [0.2, 0.25) is 0 Å². The maximum absolute atomic E-state index is 11.7. The molecule has 2 unspecified atom stereocenters. The van der Waals surface area contributed by atoms with E-state index in [1.165, 1.54) is 134 Å². The molecule has 0 saturated heterocycles. The minimum atomic E-state index is -0.519. The van der Waals surface area contributed by atoms with Gasteiger partial charge in [0.25, 0.3) is 0 Å². The van der Waals surface area contributed by atoms with Gasteiger partial charge in [-0.3, -0.25) is 4.90 Å². The molecule has 226 valence electrons. The third-order valence-corrected chi connectivity index (χ3v) is 8.57. The maximum Gasteiger partial charge on any atom is 0.0986 e. The van der Waals surface area contributed by atoms with E-state index < -0.39 is 6.10 Å². The Labute approximate surface area is 249 Å². The molecule has 2 nitrogen and oxygen atoms in total. The van der Waals surface area contributed by atoms with Crippen molar-refractivity contribution < 1.29 is 5.11 Å².